The molecule has 0 amide bonds. The van der Waals surface area contributed by atoms with E-state index in [1.165, 1.54) is 20.0 Å². The van der Waals surface area contributed by atoms with Crippen LogP contribution in [-0.4, -0.2) is 29.4 Å². The second-order valence-corrected chi connectivity index (χ2v) is 7.50. The number of ether oxygens (including phenoxy) is 2. The number of H-pyrrole nitrogens is 1. The van der Waals surface area contributed by atoms with Crippen molar-refractivity contribution >= 4 is 16.9 Å². The van der Waals surface area contributed by atoms with Crippen molar-refractivity contribution in [1.82, 2.24) is 10.2 Å². The molecule has 3 aromatic rings. The van der Waals surface area contributed by atoms with Crippen molar-refractivity contribution in [3.8, 4) is 16.9 Å². The van der Waals surface area contributed by atoms with Gasteiger partial charge in [0.1, 0.15) is 5.75 Å². The summed E-state index contributed by atoms with van der Waals surface area (Å²) in [5.74, 6) is 0.720. The average molecular weight is 378 g/mol. The number of hydrogen-bond donors (Lipinski definition) is 1. The molecule has 1 fully saturated rings. The quantitative estimate of drug-likeness (QED) is 0.616. The third-order valence-electron chi connectivity index (χ3n) is 5.55. The van der Waals surface area contributed by atoms with Gasteiger partial charge >= 0.3 is 5.97 Å². The summed E-state index contributed by atoms with van der Waals surface area (Å²) in [6.07, 6.45) is 6.01. The number of aryl methyl sites for hydroxylation is 2. The van der Waals surface area contributed by atoms with Crippen molar-refractivity contribution in [2.45, 2.75) is 51.6 Å². The summed E-state index contributed by atoms with van der Waals surface area (Å²) < 4.78 is 11.1. The fourth-order valence-electron chi connectivity index (χ4n) is 3.91. The molecule has 0 unspecified atom stereocenters. The van der Waals surface area contributed by atoms with Gasteiger partial charge in [-0.05, 0) is 74.4 Å². The number of methoxy groups -OCH3 is 1. The Bertz CT molecular complexity index is 987. The number of fused-ring (bicyclic) bond motifs is 1. The van der Waals surface area contributed by atoms with E-state index in [0.717, 1.165) is 51.9 Å². The second kappa shape index (κ2) is 8.05. The number of hydrogen-bond acceptors (Lipinski definition) is 4. The van der Waals surface area contributed by atoms with Gasteiger partial charge in [0.2, 0.25) is 0 Å². The maximum Gasteiger partial charge on any atom is 0.305 e. The molecule has 5 nitrogen and oxygen atoms in total. The van der Waals surface area contributed by atoms with E-state index in [1.807, 2.05) is 13.0 Å². The highest BCUT2D eigenvalue weighted by Gasteiger charge is 2.19. The average Bonchev–Trinajstić information content (AvgIpc) is 3.36. The van der Waals surface area contributed by atoms with Gasteiger partial charge in [-0.3, -0.25) is 9.89 Å². The molecule has 1 aliphatic carbocycles. The lowest BCUT2D eigenvalue weighted by molar-refractivity contribution is -0.140. The predicted molar refractivity (Wildman–Crippen MR) is 109 cm³/mol. The van der Waals surface area contributed by atoms with E-state index in [-0.39, 0.29) is 5.97 Å². The molecule has 0 radical (unpaired) electrons. The number of benzene rings is 2. The summed E-state index contributed by atoms with van der Waals surface area (Å²) in [6.45, 7) is 2.01. The van der Waals surface area contributed by atoms with Gasteiger partial charge in [-0.2, -0.15) is 5.10 Å². The van der Waals surface area contributed by atoms with Gasteiger partial charge in [0.05, 0.1) is 24.4 Å². The lowest BCUT2D eigenvalue weighted by Gasteiger charge is -2.18. The first-order chi connectivity index (χ1) is 13.6. The standard InChI is InChI=1S/C23H26N2O3/c1-15-19-14-17(9-10-21(19)25-24-15)20-13-16(8-12-23(26)27-2)7-11-22(20)28-18-5-3-4-6-18/h7,9-11,13-14,18H,3-6,8,12H2,1-2H3,(H,24,25). The number of rotatable bonds is 6. The van der Waals surface area contributed by atoms with Gasteiger partial charge < -0.3 is 9.47 Å². The molecule has 0 bridgehead atoms. The molecule has 1 saturated carbocycles. The van der Waals surface area contributed by atoms with Crippen molar-refractivity contribution in [2.24, 2.45) is 0 Å². The number of aromatic nitrogens is 2. The number of carbonyl (C=O) groups is 1. The summed E-state index contributed by atoms with van der Waals surface area (Å²) in [5, 5.41) is 8.48. The lowest BCUT2D eigenvalue weighted by atomic mass is 9.98. The predicted octanol–water partition coefficient (Wildman–Crippen LogP) is 4.97. The van der Waals surface area contributed by atoms with E-state index in [1.54, 1.807) is 0 Å². The molecule has 1 aromatic heterocycles. The van der Waals surface area contributed by atoms with Gasteiger partial charge in [0, 0.05) is 17.4 Å². The van der Waals surface area contributed by atoms with Crippen LogP contribution in [0.4, 0.5) is 0 Å². The Morgan fingerprint density at radius 2 is 2.00 bits per heavy atom. The van der Waals surface area contributed by atoms with Crippen molar-refractivity contribution in [3.05, 3.63) is 47.7 Å². The summed E-state index contributed by atoms with van der Waals surface area (Å²) in [7, 11) is 1.43. The SMILES string of the molecule is COC(=O)CCc1ccc(OC2CCCC2)c(-c2ccc3[nH]nc(C)c3c2)c1. The van der Waals surface area contributed by atoms with Crippen molar-refractivity contribution in [1.29, 1.82) is 0 Å². The van der Waals surface area contributed by atoms with Crippen LogP contribution in [0.25, 0.3) is 22.0 Å². The van der Waals surface area contributed by atoms with Crippen LogP contribution >= 0.6 is 0 Å². The fraction of sp³-hybridized carbons (Fsp3) is 0.391. The molecular formula is C23H26N2O3. The Morgan fingerprint density at radius 3 is 2.79 bits per heavy atom. The van der Waals surface area contributed by atoms with Crippen LogP contribution in [0.15, 0.2) is 36.4 Å². The summed E-state index contributed by atoms with van der Waals surface area (Å²) in [6, 6.07) is 12.6. The molecule has 1 N–H and O–H groups in total. The van der Waals surface area contributed by atoms with Crippen molar-refractivity contribution in [3.63, 3.8) is 0 Å². The minimum absolute atomic E-state index is 0.191. The molecule has 0 atom stereocenters. The number of esters is 1. The monoisotopic (exact) mass is 378 g/mol. The number of carbonyl (C=O) groups excluding carboxylic acids is 1. The van der Waals surface area contributed by atoms with Crippen molar-refractivity contribution in [2.75, 3.05) is 7.11 Å². The molecule has 0 saturated heterocycles. The Labute approximate surface area is 165 Å². The van der Waals surface area contributed by atoms with Gasteiger partial charge in [-0.25, -0.2) is 0 Å². The van der Waals surface area contributed by atoms with E-state index in [2.05, 4.69) is 40.5 Å². The van der Waals surface area contributed by atoms with Crippen LogP contribution in [0.2, 0.25) is 0 Å². The minimum atomic E-state index is -0.191. The first-order valence-electron chi connectivity index (χ1n) is 9.95. The van der Waals surface area contributed by atoms with E-state index >= 15 is 0 Å². The summed E-state index contributed by atoms with van der Waals surface area (Å²) >= 11 is 0. The third-order valence-corrected chi connectivity index (χ3v) is 5.55. The van der Waals surface area contributed by atoms with Gasteiger partial charge in [-0.15, -0.1) is 0 Å². The lowest BCUT2D eigenvalue weighted by Crippen LogP contribution is -2.11. The summed E-state index contributed by atoms with van der Waals surface area (Å²) in [5.41, 5.74) is 5.28. The Balaban J connectivity index is 1.70. The van der Waals surface area contributed by atoms with Crippen LogP contribution < -0.4 is 4.74 Å². The molecule has 28 heavy (non-hydrogen) atoms. The molecule has 146 valence electrons. The minimum Gasteiger partial charge on any atom is -0.490 e. The Hall–Kier alpha value is -2.82. The summed E-state index contributed by atoms with van der Waals surface area (Å²) in [4.78, 5) is 11.5. The van der Waals surface area contributed by atoms with Crippen LogP contribution in [0.3, 0.4) is 0 Å². The normalized spacial score (nSPS) is 14.5. The molecule has 0 aliphatic heterocycles. The van der Waals surface area contributed by atoms with Crippen LogP contribution in [0.5, 0.6) is 5.75 Å². The molecule has 1 aliphatic rings. The van der Waals surface area contributed by atoms with E-state index < -0.39 is 0 Å². The first kappa shape index (κ1) is 18.5. The highest BCUT2D eigenvalue weighted by Crippen LogP contribution is 2.36. The largest absolute Gasteiger partial charge is 0.490 e. The zero-order valence-corrected chi connectivity index (χ0v) is 16.5. The van der Waals surface area contributed by atoms with E-state index in [0.29, 0.717) is 18.9 Å². The zero-order chi connectivity index (χ0) is 19.5. The third kappa shape index (κ3) is 3.88. The zero-order valence-electron chi connectivity index (χ0n) is 16.5. The van der Waals surface area contributed by atoms with Crippen LogP contribution in [0.1, 0.15) is 43.4 Å². The van der Waals surface area contributed by atoms with Gasteiger partial charge in [0.25, 0.3) is 0 Å². The molecule has 2 aromatic carbocycles. The number of nitrogens with one attached hydrogen (secondary N) is 1. The molecule has 5 heteroatoms. The topological polar surface area (TPSA) is 64.2 Å². The molecular weight excluding hydrogens is 352 g/mol. The highest BCUT2D eigenvalue weighted by molar-refractivity contribution is 5.87. The first-order valence-corrected chi connectivity index (χ1v) is 9.95. The number of aromatic amines is 1. The Morgan fingerprint density at radius 1 is 1.18 bits per heavy atom. The van der Waals surface area contributed by atoms with Gasteiger partial charge in [-0.1, -0.05) is 12.1 Å². The van der Waals surface area contributed by atoms with Crippen LogP contribution in [-0.2, 0) is 16.0 Å². The maximum absolute atomic E-state index is 11.5. The van der Waals surface area contributed by atoms with Gasteiger partial charge in [0.15, 0.2) is 0 Å². The fourth-order valence-corrected chi connectivity index (χ4v) is 3.91. The Kier molecular flexibility index (Phi) is 5.33. The molecule has 1 heterocycles. The second-order valence-electron chi connectivity index (χ2n) is 7.50. The maximum atomic E-state index is 11.5. The number of nitrogens with zero attached hydrogens (tertiary/aromatic N) is 1. The van der Waals surface area contributed by atoms with E-state index in [9.17, 15) is 4.79 Å². The molecule has 0 spiro atoms. The van der Waals surface area contributed by atoms with Crippen molar-refractivity contribution < 1.29 is 14.3 Å². The van der Waals surface area contributed by atoms with E-state index in [4.69, 9.17) is 9.47 Å². The highest BCUT2D eigenvalue weighted by atomic mass is 16.5. The molecule has 4 rings (SSSR count). The smallest absolute Gasteiger partial charge is 0.305 e. The van der Waals surface area contributed by atoms with Crippen LogP contribution in [0, 0.1) is 6.92 Å².